The summed E-state index contributed by atoms with van der Waals surface area (Å²) in [5.41, 5.74) is -0.625. The van der Waals surface area contributed by atoms with Crippen molar-refractivity contribution in [2.45, 2.75) is 58.3 Å². The van der Waals surface area contributed by atoms with Crippen LogP contribution in [0.1, 0.15) is 40.5 Å². The van der Waals surface area contributed by atoms with E-state index in [4.69, 9.17) is 9.84 Å². The Hall–Kier alpha value is -1.30. The van der Waals surface area contributed by atoms with Gasteiger partial charge in [-0.2, -0.15) is 0 Å². The Kier molecular flexibility index (Phi) is 5.95. The van der Waals surface area contributed by atoms with Crippen molar-refractivity contribution < 1.29 is 24.5 Å². The maximum atomic E-state index is 11.4. The summed E-state index contributed by atoms with van der Waals surface area (Å²) in [5, 5.41) is 20.6. The molecule has 100 valence electrons. The molecule has 0 fully saturated rings. The van der Waals surface area contributed by atoms with Crippen molar-refractivity contribution in [1.82, 2.24) is 5.32 Å². The fourth-order valence-corrected chi connectivity index (χ4v) is 1.25. The first-order chi connectivity index (χ1) is 7.65. The van der Waals surface area contributed by atoms with Crippen LogP contribution in [0.4, 0.5) is 4.79 Å². The number of aliphatic hydroxyl groups excluding tert-OH is 1. The average Bonchev–Trinajstić information content (AvgIpc) is 2.09. The van der Waals surface area contributed by atoms with Crippen LogP contribution in [0.25, 0.3) is 0 Å². The first-order valence-electron chi connectivity index (χ1n) is 5.55. The maximum Gasteiger partial charge on any atom is 0.407 e. The summed E-state index contributed by atoms with van der Waals surface area (Å²) in [5.74, 6) is -1.11. The van der Waals surface area contributed by atoms with Crippen LogP contribution in [0.15, 0.2) is 0 Å². The quantitative estimate of drug-likeness (QED) is 0.676. The van der Waals surface area contributed by atoms with Gasteiger partial charge in [-0.15, -0.1) is 0 Å². The van der Waals surface area contributed by atoms with Gasteiger partial charge in [-0.1, -0.05) is 6.92 Å². The van der Waals surface area contributed by atoms with Gasteiger partial charge in [0.25, 0.3) is 0 Å². The number of hydrogen-bond donors (Lipinski definition) is 3. The molecule has 0 unspecified atom stereocenters. The molecule has 0 saturated heterocycles. The fourth-order valence-electron chi connectivity index (χ4n) is 1.25. The van der Waals surface area contributed by atoms with Crippen molar-refractivity contribution >= 4 is 12.1 Å². The normalized spacial score (nSPS) is 14.9. The number of carbonyl (C=O) groups excluding carboxylic acids is 1. The summed E-state index contributed by atoms with van der Waals surface area (Å²) >= 11 is 0. The standard InChI is InChI=1S/C11H21NO5/c1-5-7(8(13)6-9(14)15)12-10(16)17-11(2,3)4/h7-8,13H,5-6H2,1-4H3,(H,12,16)(H,14,15)/t7-,8-/m0/s1. The lowest BCUT2D eigenvalue weighted by molar-refractivity contribution is -0.139. The molecule has 17 heavy (non-hydrogen) atoms. The lowest BCUT2D eigenvalue weighted by atomic mass is 10.1. The van der Waals surface area contributed by atoms with Crippen LogP contribution < -0.4 is 5.32 Å². The minimum atomic E-state index is -1.12. The van der Waals surface area contributed by atoms with E-state index in [-0.39, 0.29) is 0 Å². The van der Waals surface area contributed by atoms with E-state index in [0.29, 0.717) is 6.42 Å². The Morgan fingerprint density at radius 2 is 1.88 bits per heavy atom. The van der Waals surface area contributed by atoms with Gasteiger partial charge in [-0.05, 0) is 27.2 Å². The molecule has 0 aliphatic rings. The molecule has 0 aliphatic heterocycles. The molecule has 6 heteroatoms. The van der Waals surface area contributed by atoms with E-state index < -0.39 is 36.2 Å². The predicted molar refractivity (Wildman–Crippen MR) is 61.7 cm³/mol. The van der Waals surface area contributed by atoms with Crippen LogP contribution in [0.3, 0.4) is 0 Å². The summed E-state index contributed by atoms with van der Waals surface area (Å²) < 4.78 is 5.02. The Labute approximate surface area is 101 Å². The second kappa shape index (κ2) is 6.44. The smallest absolute Gasteiger partial charge is 0.407 e. The van der Waals surface area contributed by atoms with E-state index in [1.807, 2.05) is 0 Å². The zero-order valence-electron chi connectivity index (χ0n) is 10.7. The molecule has 0 saturated carbocycles. The Morgan fingerprint density at radius 3 is 2.24 bits per heavy atom. The third kappa shape index (κ3) is 7.57. The summed E-state index contributed by atoms with van der Waals surface area (Å²) in [7, 11) is 0. The van der Waals surface area contributed by atoms with Gasteiger partial charge >= 0.3 is 12.1 Å². The highest BCUT2D eigenvalue weighted by Gasteiger charge is 2.24. The number of rotatable bonds is 5. The Morgan fingerprint density at radius 1 is 1.35 bits per heavy atom. The van der Waals surface area contributed by atoms with Gasteiger partial charge in [0.15, 0.2) is 0 Å². The summed E-state index contributed by atoms with van der Waals surface area (Å²) in [6.07, 6.45) is -1.76. The predicted octanol–water partition coefficient (Wildman–Crippen LogP) is 1.13. The van der Waals surface area contributed by atoms with Crippen LogP contribution in [0, 0.1) is 0 Å². The number of hydrogen-bond acceptors (Lipinski definition) is 4. The molecular formula is C11H21NO5. The monoisotopic (exact) mass is 247 g/mol. The molecule has 0 bridgehead atoms. The Bertz CT molecular complexity index is 272. The molecule has 1 amide bonds. The van der Waals surface area contributed by atoms with Crippen LogP contribution in [-0.2, 0) is 9.53 Å². The molecule has 0 aromatic rings. The second-order valence-corrected chi connectivity index (χ2v) is 4.83. The van der Waals surface area contributed by atoms with E-state index >= 15 is 0 Å². The molecule has 2 atom stereocenters. The van der Waals surface area contributed by atoms with Gasteiger partial charge in [0.1, 0.15) is 5.60 Å². The van der Waals surface area contributed by atoms with Gasteiger partial charge in [-0.3, -0.25) is 4.79 Å². The number of carboxylic acids is 1. The number of alkyl carbamates (subject to hydrolysis) is 1. The first-order valence-corrected chi connectivity index (χ1v) is 5.55. The summed E-state index contributed by atoms with van der Waals surface area (Å²) in [4.78, 5) is 21.9. The molecule has 0 aromatic carbocycles. The minimum absolute atomic E-state index is 0.408. The summed E-state index contributed by atoms with van der Waals surface area (Å²) in [6.45, 7) is 6.91. The lowest BCUT2D eigenvalue weighted by Gasteiger charge is -2.25. The fraction of sp³-hybridized carbons (Fsp3) is 0.818. The van der Waals surface area contributed by atoms with Crippen molar-refractivity contribution in [1.29, 1.82) is 0 Å². The van der Waals surface area contributed by atoms with Crippen molar-refractivity contribution in [3.05, 3.63) is 0 Å². The molecule has 0 spiro atoms. The zero-order valence-corrected chi connectivity index (χ0v) is 10.7. The Balaban J connectivity index is 4.30. The van der Waals surface area contributed by atoms with E-state index in [2.05, 4.69) is 5.32 Å². The molecule has 0 aliphatic carbocycles. The number of amides is 1. The summed E-state index contributed by atoms with van der Waals surface area (Å²) in [6, 6.07) is -0.624. The van der Waals surface area contributed by atoms with Crippen LogP contribution in [0.5, 0.6) is 0 Å². The zero-order chi connectivity index (χ0) is 13.6. The van der Waals surface area contributed by atoms with Crippen molar-refractivity contribution in [2.75, 3.05) is 0 Å². The highest BCUT2D eigenvalue weighted by Crippen LogP contribution is 2.09. The van der Waals surface area contributed by atoms with Crippen LogP contribution in [0.2, 0.25) is 0 Å². The van der Waals surface area contributed by atoms with Crippen molar-refractivity contribution in [3.8, 4) is 0 Å². The molecule has 6 nitrogen and oxygen atoms in total. The molecule has 0 radical (unpaired) electrons. The SMILES string of the molecule is CC[C@H](NC(=O)OC(C)(C)C)[C@@H](O)CC(=O)O. The van der Waals surface area contributed by atoms with Gasteiger partial charge < -0.3 is 20.3 Å². The van der Waals surface area contributed by atoms with E-state index in [9.17, 15) is 14.7 Å². The molecule has 0 heterocycles. The van der Waals surface area contributed by atoms with Gasteiger partial charge in [0.05, 0.1) is 18.6 Å². The third-order valence-electron chi connectivity index (χ3n) is 1.99. The van der Waals surface area contributed by atoms with E-state index in [1.165, 1.54) is 0 Å². The van der Waals surface area contributed by atoms with Crippen LogP contribution >= 0.6 is 0 Å². The lowest BCUT2D eigenvalue weighted by Crippen LogP contribution is -2.45. The van der Waals surface area contributed by atoms with Crippen molar-refractivity contribution in [3.63, 3.8) is 0 Å². The maximum absolute atomic E-state index is 11.4. The first kappa shape index (κ1) is 15.7. The van der Waals surface area contributed by atoms with Gasteiger partial charge in [0, 0.05) is 0 Å². The van der Waals surface area contributed by atoms with E-state index in [1.54, 1.807) is 27.7 Å². The largest absolute Gasteiger partial charge is 0.481 e. The average molecular weight is 247 g/mol. The van der Waals surface area contributed by atoms with Gasteiger partial charge in [0.2, 0.25) is 0 Å². The number of carboxylic acid groups (broad SMARTS) is 1. The molecule has 0 rings (SSSR count). The number of ether oxygens (including phenoxy) is 1. The molecular weight excluding hydrogens is 226 g/mol. The number of aliphatic carboxylic acids is 1. The topological polar surface area (TPSA) is 95.9 Å². The van der Waals surface area contributed by atoms with Crippen LogP contribution in [-0.4, -0.2) is 40.0 Å². The second-order valence-electron chi connectivity index (χ2n) is 4.83. The number of nitrogens with one attached hydrogen (secondary N) is 1. The minimum Gasteiger partial charge on any atom is -0.481 e. The molecule has 0 aromatic heterocycles. The third-order valence-corrected chi connectivity index (χ3v) is 1.99. The highest BCUT2D eigenvalue weighted by molar-refractivity contribution is 5.69. The highest BCUT2D eigenvalue weighted by atomic mass is 16.6. The van der Waals surface area contributed by atoms with Gasteiger partial charge in [-0.25, -0.2) is 4.79 Å². The number of aliphatic hydroxyl groups is 1. The number of carbonyl (C=O) groups is 2. The molecule has 3 N–H and O–H groups in total. The van der Waals surface area contributed by atoms with Crippen molar-refractivity contribution in [2.24, 2.45) is 0 Å². The van der Waals surface area contributed by atoms with E-state index in [0.717, 1.165) is 0 Å².